The SMILES string of the molecule is O=C1CCC(C(C[N+](=O)[O-])c2ccccc2)=C1O. The van der Waals surface area contributed by atoms with Crippen LogP contribution in [-0.2, 0) is 4.79 Å². The summed E-state index contributed by atoms with van der Waals surface area (Å²) in [7, 11) is 0. The van der Waals surface area contributed by atoms with Gasteiger partial charge in [0.05, 0.1) is 5.92 Å². The second kappa shape index (κ2) is 5.00. The number of nitrogens with zero attached hydrogens (tertiary/aromatic N) is 1. The third kappa shape index (κ3) is 2.40. The minimum absolute atomic E-state index is 0.238. The first-order chi connectivity index (χ1) is 8.59. The van der Waals surface area contributed by atoms with E-state index in [0.29, 0.717) is 12.0 Å². The molecule has 0 fully saturated rings. The van der Waals surface area contributed by atoms with Gasteiger partial charge in [-0.15, -0.1) is 0 Å². The van der Waals surface area contributed by atoms with Crippen molar-refractivity contribution in [1.29, 1.82) is 0 Å². The number of nitro groups is 1. The lowest BCUT2D eigenvalue weighted by molar-refractivity contribution is -0.482. The molecule has 0 saturated carbocycles. The number of carbonyl (C=O) groups is 1. The van der Waals surface area contributed by atoms with E-state index < -0.39 is 10.8 Å². The van der Waals surface area contributed by atoms with Crippen LogP contribution in [0.25, 0.3) is 0 Å². The predicted octanol–water partition coefficient (Wildman–Crippen LogP) is 2.22. The van der Waals surface area contributed by atoms with Crippen molar-refractivity contribution in [3.63, 3.8) is 0 Å². The molecule has 1 aliphatic carbocycles. The average molecular weight is 247 g/mol. The highest BCUT2D eigenvalue weighted by Gasteiger charge is 2.32. The van der Waals surface area contributed by atoms with Gasteiger partial charge in [0.1, 0.15) is 0 Å². The fourth-order valence-corrected chi connectivity index (χ4v) is 2.25. The normalized spacial score (nSPS) is 17.0. The number of benzene rings is 1. The molecule has 1 aromatic carbocycles. The number of hydrogen-bond donors (Lipinski definition) is 1. The Balaban J connectivity index is 2.38. The number of hydrogen-bond acceptors (Lipinski definition) is 4. The summed E-state index contributed by atoms with van der Waals surface area (Å²) in [5.41, 5.74) is 1.24. The van der Waals surface area contributed by atoms with Crippen molar-refractivity contribution in [1.82, 2.24) is 0 Å². The van der Waals surface area contributed by atoms with Crippen LogP contribution in [-0.4, -0.2) is 22.4 Å². The Hall–Kier alpha value is -2.17. The Morgan fingerprint density at radius 3 is 2.44 bits per heavy atom. The van der Waals surface area contributed by atoms with E-state index in [2.05, 4.69) is 0 Å². The van der Waals surface area contributed by atoms with Crippen molar-refractivity contribution >= 4 is 5.78 Å². The number of aliphatic hydroxyl groups is 1. The lowest BCUT2D eigenvalue weighted by atomic mass is 9.90. The van der Waals surface area contributed by atoms with Crippen molar-refractivity contribution in [2.45, 2.75) is 18.8 Å². The number of ketones is 1. The van der Waals surface area contributed by atoms with Crippen molar-refractivity contribution in [3.05, 3.63) is 57.3 Å². The van der Waals surface area contributed by atoms with Crippen molar-refractivity contribution in [2.75, 3.05) is 6.54 Å². The number of rotatable bonds is 4. The fraction of sp³-hybridized carbons (Fsp3) is 0.308. The van der Waals surface area contributed by atoms with Crippen LogP contribution in [0, 0.1) is 10.1 Å². The van der Waals surface area contributed by atoms with Crippen molar-refractivity contribution < 1.29 is 14.8 Å². The first-order valence-electron chi connectivity index (χ1n) is 5.71. The highest BCUT2D eigenvalue weighted by atomic mass is 16.6. The summed E-state index contributed by atoms with van der Waals surface area (Å²) in [6, 6.07) is 8.95. The van der Waals surface area contributed by atoms with Gasteiger partial charge in [0, 0.05) is 11.3 Å². The molecule has 5 nitrogen and oxygen atoms in total. The number of allylic oxidation sites excluding steroid dienone is 1. The van der Waals surface area contributed by atoms with Gasteiger partial charge < -0.3 is 5.11 Å². The fourth-order valence-electron chi connectivity index (χ4n) is 2.25. The van der Waals surface area contributed by atoms with Crippen LogP contribution in [0.15, 0.2) is 41.7 Å². The summed E-state index contributed by atoms with van der Waals surface area (Å²) in [6.07, 6.45) is 0.639. The third-order valence-electron chi connectivity index (χ3n) is 3.14. The van der Waals surface area contributed by atoms with Crippen LogP contribution in [0.4, 0.5) is 0 Å². The van der Waals surface area contributed by atoms with Crippen LogP contribution in [0.3, 0.4) is 0 Å². The van der Waals surface area contributed by atoms with Gasteiger partial charge in [-0.25, -0.2) is 0 Å². The molecule has 0 spiro atoms. The van der Waals surface area contributed by atoms with E-state index in [-0.39, 0.29) is 24.5 Å². The standard InChI is InChI=1S/C13H13NO4/c15-12-7-6-10(13(12)16)11(8-14(17)18)9-4-2-1-3-5-9/h1-5,11,16H,6-8H2. The summed E-state index contributed by atoms with van der Waals surface area (Å²) < 4.78 is 0. The largest absolute Gasteiger partial charge is 0.504 e. The highest BCUT2D eigenvalue weighted by Crippen LogP contribution is 2.34. The molecule has 5 heteroatoms. The van der Waals surface area contributed by atoms with Crippen LogP contribution < -0.4 is 0 Å². The topological polar surface area (TPSA) is 80.4 Å². The molecule has 1 aliphatic rings. The van der Waals surface area contributed by atoms with Crippen LogP contribution in [0.5, 0.6) is 0 Å². The van der Waals surface area contributed by atoms with E-state index >= 15 is 0 Å². The molecule has 0 radical (unpaired) electrons. The lowest BCUT2D eigenvalue weighted by Crippen LogP contribution is -2.15. The maximum Gasteiger partial charge on any atom is 0.214 e. The Morgan fingerprint density at radius 1 is 1.28 bits per heavy atom. The van der Waals surface area contributed by atoms with Crippen molar-refractivity contribution in [2.24, 2.45) is 0 Å². The van der Waals surface area contributed by atoms with E-state index in [1.807, 2.05) is 6.07 Å². The van der Waals surface area contributed by atoms with Crippen LogP contribution in [0.1, 0.15) is 24.3 Å². The quantitative estimate of drug-likeness (QED) is 0.653. The minimum atomic E-state index is -0.521. The second-order valence-electron chi connectivity index (χ2n) is 4.28. The molecule has 1 aromatic rings. The zero-order valence-corrected chi connectivity index (χ0v) is 9.70. The molecular formula is C13H13NO4. The Morgan fingerprint density at radius 2 is 1.94 bits per heavy atom. The lowest BCUT2D eigenvalue weighted by Gasteiger charge is -2.14. The van der Waals surface area contributed by atoms with Gasteiger partial charge in [-0.3, -0.25) is 14.9 Å². The summed E-state index contributed by atoms with van der Waals surface area (Å²) >= 11 is 0. The van der Waals surface area contributed by atoms with Gasteiger partial charge in [-0.05, 0) is 17.6 Å². The molecule has 2 rings (SSSR count). The third-order valence-corrected chi connectivity index (χ3v) is 3.14. The number of carbonyl (C=O) groups excluding carboxylic acids is 1. The summed E-state index contributed by atoms with van der Waals surface area (Å²) in [6.45, 7) is -0.309. The zero-order chi connectivity index (χ0) is 13.1. The highest BCUT2D eigenvalue weighted by molar-refractivity contribution is 5.96. The number of Topliss-reactive ketones (excluding diaryl/α,β-unsaturated/α-hetero) is 1. The summed E-state index contributed by atoms with van der Waals surface area (Å²) in [4.78, 5) is 21.7. The van der Waals surface area contributed by atoms with Crippen molar-refractivity contribution in [3.8, 4) is 0 Å². The molecule has 1 unspecified atom stereocenters. The molecule has 1 N–H and O–H groups in total. The van der Waals surface area contributed by atoms with Gasteiger partial charge in [0.2, 0.25) is 6.54 Å². The van der Waals surface area contributed by atoms with Gasteiger partial charge >= 0.3 is 0 Å². The number of aliphatic hydroxyl groups excluding tert-OH is 1. The van der Waals surface area contributed by atoms with E-state index in [1.54, 1.807) is 24.3 Å². The monoisotopic (exact) mass is 247 g/mol. The minimum Gasteiger partial charge on any atom is -0.504 e. The van der Waals surface area contributed by atoms with Gasteiger partial charge in [0.15, 0.2) is 11.5 Å². The summed E-state index contributed by atoms with van der Waals surface area (Å²) in [5, 5.41) is 20.5. The molecule has 0 aromatic heterocycles. The maximum atomic E-state index is 11.3. The molecule has 0 heterocycles. The molecule has 0 aliphatic heterocycles. The van der Waals surface area contributed by atoms with Gasteiger partial charge in [-0.2, -0.15) is 0 Å². The Labute approximate surface area is 104 Å². The van der Waals surface area contributed by atoms with E-state index in [0.717, 1.165) is 5.56 Å². The first-order valence-corrected chi connectivity index (χ1v) is 5.71. The van der Waals surface area contributed by atoms with E-state index in [9.17, 15) is 20.0 Å². The molecule has 18 heavy (non-hydrogen) atoms. The van der Waals surface area contributed by atoms with Gasteiger partial charge in [0.25, 0.3) is 0 Å². The molecule has 0 saturated heterocycles. The van der Waals surface area contributed by atoms with Crippen LogP contribution in [0.2, 0.25) is 0 Å². The summed E-state index contributed by atoms with van der Waals surface area (Å²) in [5.74, 6) is -1.13. The Bertz CT molecular complexity index is 507. The molecule has 0 bridgehead atoms. The zero-order valence-electron chi connectivity index (χ0n) is 9.70. The molecule has 94 valence electrons. The molecule has 1 atom stereocenters. The maximum absolute atomic E-state index is 11.3. The van der Waals surface area contributed by atoms with E-state index in [4.69, 9.17) is 0 Å². The van der Waals surface area contributed by atoms with E-state index in [1.165, 1.54) is 0 Å². The first kappa shape index (κ1) is 12.3. The average Bonchev–Trinajstić information content (AvgIpc) is 2.68. The smallest absolute Gasteiger partial charge is 0.214 e. The van der Waals surface area contributed by atoms with Gasteiger partial charge in [-0.1, -0.05) is 30.3 Å². The van der Waals surface area contributed by atoms with Crippen LogP contribution >= 0.6 is 0 Å². The predicted molar refractivity (Wildman–Crippen MR) is 64.9 cm³/mol. The molecule has 0 amide bonds. The Kier molecular flexibility index (Phi) is 3.41. The second-order valence-corrected chi connectivity index (χ2v) is 4.28. The molecular weight excluding hydrogens is 234 g/mol.